The Balaban J connectivity index is 1.86. The molecular formula is C21H12Br2OS2. The third-order valence-corrected chi connectivity index (χ3v) is 7.78. The van der Waals surface area contributed by atoms with Gasteiger partial charge in [0.25, 0.3) is 0 Å². The van der Waals surface area contributed by atoms with Gasteiger partial charge >= 0.3 is 0 Å². The van der Waals surface area contributed by atoms with Gasteiger partial charge in [0.15, 0.2) is 0 Å². The maximum atomic E-state index is 12.2. The van der Waals surface area contributed by atoms with E-state index in [0.29, 0.717) is 0 Å². The summed E-state index contributed by atoms with van der Waals surface area (Å²) >= 11 is 10.5. The highest BCUT2D eigenvalue weighted by molar-refractivity contribution is 9.10. The Bertz CT molecular complexity index is 1080. The molecule has 5 rings (SSSR count). The summed E-state index contributed by atoms with van der Waals surface area (Å²) < 4.78 is 1.93. The zero-order valence-electron chi connectivity index (χ0n) is 13.4. The van der Waals surface area contributed by atoms with Gasteiger partial charge in [-0.3, -0.25) is 0 Å². The van der Waals surface area contributed by atoms with Gasteiger partial charge in [-0.2, -0.15) is 0 Å². The van der Waals surface area contributed by atoms with Crippen LogP contribution in [0.4, 0.5) is 0 Å². The second-order valence-electron chi connectivity index (χ2n) is 6.23. The number of halogens is 2. The molecule has 0 unspecified atom stereocenters. The van der Waals surface area contributed by atoms with Crippen LogP contribution in [0.2, 0.25) is 0 Å². The van der Waals surface area contributed by atoms with Crippen LogP contribution in [0.25, 0.3) is 20.9 Å². The van der Waals surface area contributed by atoms with Gasteiger partial charge in [0.05, 0.1) is 4.88 Å². The van der Waals surface area contributed by atoms with E-state index in [-0.39, 0.29) is 0 Å². The first kappa shape index (κ1) is 16.9. The number of thiophene rings is 2. The van der Waals surface area contributed by atoms with Crippen LogP contribution in [-0.4, -0.2) is 5.11 Å². The summed E-state index contributed by atoms with van der Waals surface area (Å²) in [5, 5.41) is 16.3. The first-order valence-corrected chi connectivity index (χ1v) is 11.4. The number of aliphatic hydroxyl groups is 1. The number of fused-ring (bicyclic) bond motifs is 3. The lowest BCUT2D eigenvalue weighted by molar-refractivity contribution is 0.131. The van der Waals surface area contributed by atoms with E-state index in [2.05, 4.69) is 73.0 Å². The number of rotatable bonds is 2. The van der Waals surface area contributed by atoms with Gasteiger partial charge in [-0.05, 0) is 58.3 Å². The highest BCUT2D eigenvalue weighted by Crippen LogP contribution is 2.55. The third kappa shape index (κ3) is 2.35. The molecule has 0 amide bonds. The van der Waals surface area contributed by atoms with Gasteiger partial charge < -0.3 is 5.11 Å². The van der Waals surface area contributed by atoms with Crippen molar-refractivity contribution < 1.29 is 5.11 Å². The summed E-state index contributed by atoms with van der Waals surface area (Å²) in [6.07, 6.45) is 0. The highest BCUT2D eigenvalue weighted by Gasteiger charge is 2.45. The van der Waals surface area contributed by atoms with Gasteiger partial charge in [0.1, 0.15) is 5.60 Å². The maximum Gasteiger partial charge on any atom is 0.143 e. The monoisotopic (exact) mass is 502 g/mol. The topological polar surface area (TPSA) is 20.2 Å². The molecule has 2 aromatic heterocycles. The van der Waals surface area contributed by atoms with Crippen molar-refractivity contribution in [3.05, 3.63) is 91.0 Å². The second kappa shape index (κ2) is 6.14. The molecule has 26 heavy (non-hydrogen) atoms. The van der Waals surface area contributed by atoms with E-state index < -0.39 is 5.60 Å². The van der Waals surface area contributed by atoms with Crippen molar-refractivity contribution in [2.24, 2.45) is 0 Å². The molecule has 0 spiro atoms. The standard InChI is InChI=1S/C21H12Br2OS2/c22-12-3-5-14-15-6-4-13(23)11-18(15)21(24,17(14)10-12)16-7-9-26-20(16)19-2-1-8-25-19/h1-11,24H. The van der Waals surface area contributed by atoms with Crippen LogP contribution in [0.15, 0.2) is 74.3 Å². The van der Waals surface area contributed by atoms with Crippen LogP contribution < -0.4 is 0 Å². The zero-order chi connectivity index (χ0) is 17.9. The predicted molar refractivity (Wildman–Crippen MR) is 117 cm³/mol. The van der Waals surface area contributed by atoms with Gasteiger partial charge in [-0.25, -0.2) is 0 Å². The smallest absolute Gasteiger partial charge is 0.143 e. The average molecular weight is 504 g/mol. The summed E-state index contributed by atoms with van der Waals surface area (Å²) in [4.78, 5) is 2.31. The van der Waals surface area contributed by atoms with Crippen molar-refractivity contribution in [2.45, 2.75) is 5.60 Å². The second-order valence-corrected chi connectivity index (χ2v) is 9.93. The van der Waals surface area contributed by atoms with E-state index in [1.54, 1.807) is 22.7 Å². The number of benzene rings is 2. The molecule has 1 aliphatic carbocycles. The normalized spacial score (nSPS) is 14.3. The van der Waals surface area contributed by atoms with Crippen molar-refractivity contribution in [1.82, 2.24) is 0 Å². The maximum absolute atomic E-state index is 12.2. The summed E-state index contributed by atoms with van der Waals surface area (Å²) in [6.45, 7) is 0. The third-order valence-electron chi connectivity index (χ3n) is 4.83. The van der Waals surface area contributed by atoms with E-state index in [1.165, 1.54) is 4.88 Å². The Kier molecular flexibility index (Phi) is 3.99. The Morgan fingerprint density at radius 1 is 0.731 bits per heavy atom. The fraction of sp³-hybridized carbons (Fsp3) is 0.0476. The lowest BCUT2D eigenvalue weighted by Gasteiger charge is -2.27. The van der Waals surface area contributed by atoms with Crippen LogP contribution >= 0.6 is 54.5 Å². The Morgan fingerprint density at radius 2 is 1.38 bits per heavy atom. The minimum Gasteiger partial charge on any atom is -0.376 e. The minimum absolute atomic E-state index is 0.927. The first-order valence-electron chi connectivity index (χ1n) is 8.03. The number of hydrogen-bond donors (Lipinski definition) is 1. The molecule has 2 heterocycles. The molecule has 5 heteroatoms. The Morgan fingerprint density at radius 3 is 1.96 bits per heavy atom. The summed E-state index contributed by atoms with van der Waals surface area (Å²) in [5.41, 5.74) is 3.80. The predicted octanol–water partition coefficient (Wildman–Crippen LogP) is 7.27. The molecule has 0 aliphatic heterocycles. The van der Waals surface area contributed by atoms with Gasteiger partial charge in [0, 0.05) is 30.5 Å². The first-order chi connectivity index (χ1) is 12.6. The molecular weight excluding hydrogens is 492 g/mol. The SMILES string of the molecule is OC1(c2ccsc2-c2cccs2)c2cc(Br)ccc2-c2ccc(Br)cc21. The van der Waals surface area contributed by atoms with Crippen LogP contribution in [-0.2, 0) is 5.60 Å². The molecule has 1 aliphatic rings. The summed E-state index contributed by atoms with van der Waals surface area (Å²) in [6, 6.07) is 18.5. The van der Waals surface area contributed by atoms with Gasteiger partial charge in [0.2, 0.25) is 0 Å². The fourth-order valence-electron chi connectivity index (χ4n) is 3.73. The Labute approximate surface area is 176 Å². The van der Waals surface area contributed by atoms with Crippen molar-refractivity contribution in [2.75, 3.05) is 0 Å². The number of hydrogen-bond acceptors (Lipinski definition) is 3. The molecule has 0 atom stereocenters. The zero-order valence-corrected chi connectivity index (χ0v) is 18.2. The highest BCUT2D eigenvalue weighted by atomic mass is 79.9. The molecule has 2 aromatic carbocycles. The average Bonchev–Trinajstić information content (AvgIpc) is 3.35. The van der Waals surface area contributed by atoms with Crippen LogP contribution in [0, 0.1) is 0 Å². The van der Waals surface area contributed by atoms with E-state index in [1.807, 2.05) is 24.3 Å². The Hall–Kier alpha value is -1.24. The largest absolute Gasteiger partial charge is 0.376 e. The van der Waals surface area contributed by atoms with Crippen molar-refractivity contribution in [3.8, 4) is 20.9 Å². The lowest BCUT2D eigenvalue weighted by atomic mass is 9.84. The quantitative estimate of drug-likeness (QED) is 0.305. The van der Waals surface area contributed by atoms with Gasteiger partial charge in [-0.1, -0.05) is 50.1 Å². The lowest BCUT2D eigenvalue weighted by Crippen LogP contribution is -2.26. The van der Waals surface area contributed by atoms with E-state index in [4.69, 9.17) is 0 Å². The molecule has 0 bridgehead atoms. The molecule has 1 nitrogen and oxygen atoms in total. The molecule has 128 valence electrons. The summed E-state index contributed by atoms with van der Waals surface area (Å²) in [7, 11) is 0. The van der Waals surface area contributed by atoms with Crippen LogP contribution in [0.1, 0.15) is 16.7 Å². The summed E-state index contributed by atoms with van der Waals surface area (Å²) in [5.74, 6) is 0. The van der Waals surface area contributed by atoms with Crippen LogP contribution in [0.5, 0.6) is 0 Å². The van der Waals surface area contributed by atoms with Gasteiger partial charge in [-0.15, -0.1) is 22.7 Å². The van der Waals surface area contributed by atoms with Crippen molar-refractivity contribution >= 4 is 54.5 Å². The van der Waals surface area contributed by atoms with E-state index in [9.17, 15) is 5.11 Å². The van der Waals surface area contributed by atoms with E-state index >= 15 is 0 Å². The molecule has 0 fully saturated rings. The molecule has 0 saturated heterocycles. The minimum atomic E-state index is -1.17. The molecule has 4 aromatic rings. The van der Waals surface area contributed by atoms with Crippen molar-refractivity contribution in [1.29, 1.82) is 0 Å². The molecule has 0 saturated carbocycles. The molecule has 1 N–H and O–H groups in total. The fourth-order valence-corrected chi connectivity index (χ4v) is 6.29. The van der Waals surface area contributed by atoms with Crippen molar-refractivity contribution in [3.63, 3.8) is 0 Å². The molecule has 0 radical (unpaired) electrons. The van der Waals surface area contributed by atoms with E-state index in [0.717, 1.165) is 41.6 Å². The van der Waals surface area contributed by atoms with Crippen LogP contribution in [0.3, 0.4) is 0 Å².